The van der Waals surface area contributed by atoms with Gasteiger partial charge in [0.2, 0.25) is 0 Å². The summed E-state index contributed by atoms with van der Waals surface area (Å²) >= 11 is 5.88. The third-order valence-electron chi connectivity index (χ3n) is 3.37. The molecule has 7 heteroatoms. The highest BCUT2D eigenvalue weighted by Gasteiger charge is 2.03. The van der Waals surface area contributed by atoms with Gasteiger partial charge in [-0.05, 0) is 29.3 Å². The van der Waals surface area contributed by atoms with Crippen molar-refractivity contribution in [2.24, 2.45) is 0 Å². The van der Waals surface area contributed by atoms with E-state index in [1.165, 1.54) is 6.33 Å². The Morgan fingerprint density at radius 2 is 1.92 bits per heavy atom. The fourth-order valence-electron chi connectivity index (χ4n) is 2.19. The lowest BCUT2D eigenvalue weighted by Gasteiger charge is -2.08. The number of amides is 2. The Morgan fingerprint density at radius 1 is 1.12 bits per heavy atom. The molecule has 0 bridgehead atoms. The van der Waals surface area contributed by atoms with Crippen LogP contribution in [0.3, 0.4) is 0 Å². The van der Waals surface area contributed by atoms with Crippen molar-refractivity contribution in [1.29, 1.82) is 0 Å². The van der Waals surface area contributed by atoms with Crippen molar-refractivity contribution in [2.75, 3.05) is 5.32 Å². The monoisotopic (exact) mass is 341 g/mol. The van der Waals surface area contributed by atoms with E-state index in [0.717, 1.165) is 11.1 Å². The third kappa shape index (κ3) is 4.57. The lowest BCUT2D eigenvalue weighted by molar-refractivity contribution is 0.251. The Bertz CT molecular complexity index is 802. The van der Waals surface area contributed by atoms with E-state index in [0.29, 0.717) is 23.8 Å². The van der Waals surface area contributed by atoms with Crippen LogP contribution in [0.15, 0.2) is 61.2 Å². The fraction of sp³-hybridized carbons (Fsp3) is 0.118. The normalized spacial score (nSPS) is 10.4. The van der Waals surface area contributed by atoms with Crippen molar-refractivity contribution < 1.29 is 4.79 Å². The fourth-order valence-corrected chi connectivity index (χ4v) is 2.38. The molecule has 0 radical (unpaired) electrons. The molecule has 1 aromatic heterocycles. The maximum atomic E-state index is 11.9. The van der Waals surface area contributed by atoms with Crippen molar-refractivity contribution in [1.82, 2.24) is 20.1 Å². The maximum absolute atomic E-state index is 11.9. The molecule has 0 fully saturated rings. The van der Waals surface area contributed by atoms with Crippen LogP contribution >= 0.6 is 11.6 Å². The first-order valence-corrected chi connectivity index (χ1v) is 7.77. The van der Waals surface area contributed by atoms with Gasteiger partial charge in [-0.1, -0.05) is 41.9 Å². The zero-order valence-corrected chi connectivity index (χ0v) is 13.6. The predicted octanol–water partition coefficient (Wildman–Crippen LogP) is 3.30. The number of hydrogen-bond donors (Lipinski definition) is 2. The molecule has 0 atom stereocenters. The molecule has 3 aromatic rings. The smallest absolute Gasteiger partial charge is 0.319 e. The van der Waals surface area contributed by atoms with Crippen molar-refractivity contribution in [3.05, 3.63) is 77.3 Å². The van der Waals surface area contributed by atoms with Crippen molar-refractivity contribution in [3.8, 4) is 0 Å². The minimum atomic E-state index is -0.274. The van der Waals surface area contributed by atoms with E-state index in [4.69, 9.17) is 11.6 Å². The number of nitrogens with one attached hydrogen (secondary N) is 2. The first-order chi connectivity index (χ1) is 11.7. The number of carbonyl (C=O) groups is 1. The van der Waals surface area contributed by atoms with Crippen molar-refractivity contribution in [2.45, 2.75) is 13.1 Å². The number of anilines is 1. The molecule has 1 heterocycles. The van der Waals surface area contributed by atoms with Gasteiger partial charge in [-0.25, -0.2) is 14.5 Å². The molecule has 2 aromatic carbocycles. The van der Waals surface area contributed by atoms with Crippen molar-refractivity contribution in [3.63, 3.8) is 0 Å². The molecule has 6 nitrogen and oxygen atoms in total. The standard InChI is InChI=1S/C17H16ClN5O/c18-15-2-1-3-16(8-15)22-17(24)20-9-13-4-6-14(7-5-13)10-23-12-19-11-21-23/h1-8,11-12H,9-10H2,(H2,20,22,24). The molecule has 24 heavy (non-hydrogen) atoms. The Kier molecular flexibility index (Phi) is 5.08. The molecule has 2 amide bonds. The summed E-state index contributed by atoms with van der Waals surface area (Å²) in [5, 5.41) is 10.2. The quantitative estimate of drug-likeness (QED) is 0.748. The van der Waals surface area contributed by atoms with Gasteiger partial charge in [0.15, 0.2) is 0 Å². The maximum Gasteiger partial charge on any atom is 0.319 e. The van der Waals surface area contributed by atoms with Gasteiger partial charge in [0, 0.05) is 17.3 Å². The van der Waals surface area contributed by atoms with E-state index < -0.39 is 0 Å². The first kappa shape index (κ1) is 16.0. The molecule has 122 valence electrons. The zero-order chi connectivity index (χ0) is 16.8. The van der Waals surface area contributed by atoms with Gasteiger partial charge >= 0.3 is 6.03 Å². The van der Waals surface area contributed by atoms with Crippen LogP contribution in [0.2, 0.25) is 5.02 Å². The van der Waals surface area contributed by atoms with Crippen LogP contribution in [0.25, 0.3) is 0 Å². The van der Waals surface area contributed by atoms with Gasteiger partial charge in [-0.2, -0.15) is 5.10 Å². The Hall–Kier alpha value is -2.86. The molecule has 2 N–H and O–H groups in total. The average Bonchev–Trinajstić information content (AvgIpc) is 3.07. The van der Waals surface area contributed by atoms with E-state index in [9.17, 15) is 4.79 Å². The van der Waals surface area contributed by atoms with Crippen LogP contribution in [0.1, 0.15) is 11.1 Å². The second kappa shape index (κ2) is 7.61. The summed E-state index contributed by atoms with van der Waals surface area (Å²) < 4.78 is 1.76. The molecule has 0 aliphatic carbocycles. The summed E-state index contributed by atoms with van der Waals surface area (Å²) in [6.07, 6.45) is 3.19. The van der Waals surface area contributed by atoms with Crippen LogP contribution in [-0.2, 0) is 13.1 Å². The van der Waals surface area contributed by atoms with Gasteiger partial charge in [0.25, 0.3) is 0 Å². The largest absolute Gasteiger partial charge is 0.334 e. The second-order valence-electron chi connectivity index (χ2n) is 5.23. The first-order valence-electron chi connectivity index (χ1n) is 7.40. The van der Waals surface area contributed by atoms with E-state index in [-0.39, 0.29) is 6.03 Å². The predicted molar refractivity (Wildman–Crippen MR) is 92.9 cm³/mol. The molecule has 0 aliphatic rings. The molecule has 0 aliphatic heterocycles. The van der Waals surface area contributed by atoms with Gasteiger partial charge in [0.05, 0.1) is 6.54 Å². The minimum absolute atomic E-state index is 0.274. The lowest BCUT2D eigenvalue weighted by atomic mass is 10.1. The summed E-state index contributed by atoms with van der Waals surface area (Å²) in [5.41, 5.74) is 2.79. The molecule has 3 rings (SSSR count). The van der Waals surface area contributed by atoms with E-state index in [1.54, 1.807) is 35.3 Å². The van der Waals surface area contributed by atoms with Crippen LogP contribution in [0, 0.1) is 0 Å². The zero-order valence-electron chi connectivity index (χ0n) is 12.8. The second-order valence-corrected chi connectivity index (χ2v) is 5.66. The summed E-state index contributed by atoms with van der Waals surface area (Å²) in [5.74, 6) is 0. The number of hydrogen-bond acceptors (Lipinski definition) is 3. The van der Waals surface area contributed by atoms with E-state index in [2.05, 4.69) is 20.7 Å². The third-order valence-corrected chi connectivity index (χ3v) is 3.60. The number of carbonyl (C=O) groups excluding carboxylic acids is 1. The molecule has 0 unspecified atom stereocenters. The Balaban J connectivity index is 1.50. The number of urea groups is 1. The molecular weight excluding hydrogens is 326 g/mol. The number of aromatic nitrogens is 3. The average molecular weight is 342 g/mol. The molecule has 0 spiro atoms. The van der Waals surface area contributed by atoms with Crippen LogP contribution in [0.5, 0.6) is 0 Å². The highest BCUT2D eigenvalue weighted by atomic mass is 35.5. The number of benzene rings is 2. The summed E-state index contributed by atoms with van der Waals surface area (Å²) in [6.45, 7) is 1.11. The highest BCUT2D eigenvalue weighted by molar-refractivity contribution is 6.30. The van der Waals surface area contributed by atoms with Crippen LogP contribution in [-0.4, -0.2) is 20.8 Å². The van der Waals surface area contributed by atoms with Gasteiger partial charge in [-0.3, -0.25) is 0 Å². The Morgan fingerprint density at radius 3 is 2.62 bits per heavy atom. The number of halogens is 1. The van der Waals surface area contributed by atoms with Gasteiger partial charge < -0.3 is 10.6 Å². The van der Waals surface area contributed by atoms with Gasteiger partial charge in [-0.15, -0.1) is 0 Å². The summed E-state index contributed by atoms with van der Waals surface area (Å²) in [6, 6.07) is 14.7. The van der Waals surface area contributed by atoms with Crippen molar-refractivity contribution >= 4 is 23.3 Å². The molecular formula is C17H16ClN5O. The van der Waals surface area contributed by atoms with Crippen LogP contribution in [0.4, 0.5) is 10.5 Å². The Labute approximate surface area is 144 Å². The van der Waals surface area contributed by atoms with E-state index in [1.807, 2.05) is 24.3 Å². The van der Waals surface area contributed by atoms with Gasteiger partial charge in [0.1, 0.15) is 12.7 Å². The molecule has 0 saturated heterocycles. The topological polar surface area (TPSA) is 71.8 Å². The number of rotatable bonds is 5. The summed E-state index contributed by atoms with van der Waals surface area (Å²) in [4.78, 5) is 15.8. The van der Waals surface area contributed by atoms with Crippen LogP contribution < -0.4 is 10.6 Å². The summed E-state index contributed by atoms with van der Waals surface area (Å²) in [7, 11) is 0. The minimum Gasteiger partial charge on any atom is -0.334 e. The SMILES string of the molecule is O=C(NCc1ccc(Cn2cncn2)cc1)Nc1cccc(Cl)c1. The number of nitrogens with zero attached hydrogens (tertiary/aromatic N) is 3. The van der Waals surface area contributed by atoms with E-state index >= 15 is 0 Å². The molecule has 0 saturated carbocycles. The highest BCUT2D eigenvalue weighted by Crippen LogP contribution is 2.14. The lowest BCUT2D eigenvalue weighted by Crippen LogP contribution is -2.28.